The number of likely N-dealkylation sites (N-methyl/N-ethyl adjacent to an activating group) is 2. The molecule has 2 aromatic rings. The number of carbonyl (C=O) groups is 1. The van der Waals surface area contributed by atoms with Gasteiger partial charge in [0.1, 0.15) is 11.6 Å². The summed E-state index contributed by atoms with van der Waals surface area (Å²) in [6, 6.07) is 7.39. The van der Waals surface area contributed by atoms with E-state index in [0.29, 0.717) is 43.1 Å². The van der Waals surface area contributed by atoms with Crippen LogP contribution in [-0.2, 0) is 17.8 Å². The summed E-state index contributed by atoms with van der Waals surface area (Å²) < 4.78 is 20.0. The molecule has 4 rings (SSSR count). The molecular weight excluding hydrogens is 433 g/mol. The fraction of sp³-hybridized carbons (Fsp3) is 0.538. The van der Waals surface area contributed by atoms with Gasteiger partial charge in [0, 0.05) is 68.2 Å². The van der Waals surface area contributed by atoms with Crippen molar-refractivity contribution in [2.45, 2.75) is 51.9 Å². The van der Waals surface area contributed by atoms with Crippen molar-refractivity contribution in [1.29, 1.82) is 0 Å². The Morgan fingerprint density at radius 2 is 2.06 bits per heavy atom. The van der Waals surface area contributed by atoms with Crippen molar-refractivity contribution in [2.24, 2.45) is 0 Å². The summed E-state index contributed by atoms with van der Waals surface area (Å²) in [7, 11) is 3.88. The van der Waals surface area contributed by atoms with Crippen LogP contribution >= 0.6 is 0 Å². The van der Waals surface area contributed by atoms with Crippen LogP contribution < -0.4 is 15.5 Å². The molecule has 0 unspecified atom stereocenters. The molecule has 7 nitrogen and oxygen atoms in total. The molecule has 0 saturated carbocycles. The zero-order valence-electron chi connectivity index (χ0n) is 20.7. The van der Waals surface area contributed by atoms with E-state index in [9.17, 15) is 9.18 Å². The number of benzene rings is 1. The average Bonchev–Trinajstić information content (AvgIpc) is 2.80. The van der Waals surface area contributed by atoms with Crippen LogP contribution in [0, 0.1) is 5.82 Å². The molecular formula is C26H36FN5O2. The van der Waals surface area contributed by atoms with Crippen LogP contribution in [0.4, 0.5) is 10.2 Å². The van der Waals surface area contributed by atoms with Crippen LogP contribution in [-0.4, -0.2) is 68.3 Å². The highest BCUT2D eigenvalue weighted by molar-refractivity contribution is 5.99. The monoisotopic (exact) mass is 469 g/mol. The maximum absolute atomic E-state index is 14.6. The highest BCUT2D eigenvalue weighted by Crippen LogP contribution is 2.38. The fourth-order valence-electron chi connectivity index (χ4n) is 4.52. The summed E-state index contributed by atoms with van der Waals surface area (Å²) >= 11 is 0. The largest absolute Gasteiger partial charge is 0.381 e. The number of hydrogen-bond donors (Lipinski definition) is 2. The third-order valence-corrected chi connectivity index (χ3v) is 6.65. The van der Waals surface area contributed by atoms with E-state index in [1.165, 1.54) is 6.07 Å². The third kappa shape index (κ3) is 5.40. The van der Waals surface area contributed by atoms with Gasteiger partial charge in [-0.15, -0.1) is 0 Å². The van der Waals surface area contributed by atoms with Crippen molar-refractivity contribution in [3.05, 3.63) is 46.8 Å². The molecule has 2 aliphatic heterocycles. The SMILES string of the molecule is CNCCN(C)Cc1cc(-c2cc(C(=O)NC3CCOCC3)c3c(n2)N(C(C)C)C3)ccc1F. The Balaban J connectivity index is 1.64. The molecule has 1 fully saturated rings. The minimum Gasteiger partial charge on any atom is -0.381 e. The summed E-state index contributed by atoms with van der Waals surface area (Å²) in [6.07, 6.45) is 1.65. The average molecular weight is 470 g/mol. The van der Waals surface area contributed by atoms with Gasteiger partial charge in [-0.3, -0.25) is 4.79 Å². The molecule has 1 aromatic carbocycles. The highest BCUT2D eigenvalue weighted by Gasteiger charge is 2.33. The zero-order chi connectivity index (χ0) is 24.2. The molecule has 0 aliphatic carbocycles. The molecule has 3 heterocycles. The summed E-state index contributed by atoms with van der Waals surface area (Å²) in [4.78, 5) is 22.5. The number of amides is 1. The number of nitrogens with one attached hydrogen (secondary N) is 2. The lowest BCUT2D eigenvalue weighted by Gasteiger charge is -2.39. The van der Waals surface area contributed by atoms with Gasteiger partial charge >= 0.3 is 0 Å². The number of rotatable bonds is 9. The van der Waals surface area contributed by atoms with E-state index in [1.54, 1.807) is 6.07 Å². The van der Waals surface area contributed by atoms with Gasteiger partial charge in [-0.2, -0.15) is 0 Å². The first-order valence-corrected chi connectivity index (χ1v) is 12.2. The second kappa shape index (κ2) is 10.8. The predicted octanol–water partition coefficient (Wildman–Crippen LogP) is 3.18. The first-order valence-electron chi connectivity index (χ1n) is 12.2. The van der Waals surface area contributed by atoms with Crippen molar-refractivity contribution < 1.29 is 13.9 Å². The topological polar surface area (TPSA) is 69.7 Å². The molecule has 34 heavy (non-hydrogen) atoms. The van der Waals surface area contributed by atoms with Gasteiger partial charge in [0.15, 0.2) is 0 Å². The number of pyridine rings is 1. The van der Waals surface area contributed by atoms with Gasteiger partial charge in [0.05, 0.1) is 11.3 Å². The molecule has 0 radical (unpaired) electrons. The summed E-state index contributed by atoms with van der Waals surface area (Å²) in [5.74, 6) is 0.552. The van der Waals surface area contributed by atoms with E-state index in [0.717, 1.165) is 42.9 Å². The molecule has 8 heteroatoms. The maximum Gasteiger partial charge on any atom is 0.252 e. The Bertz CT molecular complexity index is 1020. The lowest BCUT2D eigenvalue weighted by Crippen LogP contribution is -2.43. The smallest absolute Gasteiger partial charge is 0.252 e. The molecule has 1 aromatic heterocycles. The van der Waals surface area contributed by atoms with Gasteiger partial charge in [-0.05, 0) is 65.0 Å². The summed E-state index contributed by atoms with van der Waals surface area (Å²) in [5.41, 5.74) is 3.78. The number of ether oxygens (including phenoxy) is 1. The quantitative estimate of drug-likeness (QED) is 0.588. The van der Waals surface area contributed by atoms with E-state index < -0.39 is 0 Å². The van der Waals surface area contributed by atoms with Crippen LogP contribution in [0.5, 0.6) is 0 Å². The van der Waals surface area contributed by atoms with E-state index in [1.807, 2.05) is 26.2 Å². The molecule has 0 spiro atoms. The van der Waals surface area contributed by atoms with E-state index in [-0.39, 0.29) is 23.8 Å². The molecule has 2 aliphatic rings. The number of halogens is 1. The molecule has 0 atom stereocenters. The zero-order valence-corrected chi connectivity index (χ0v) is 20.7. The van der Waals surface area contributed by atoms with Gasteiger partial charge in [-0.1, -0.05) is 0 Å². The number of anilines is 1. The van der Waals surface area contributed by atoms with Crippen LogP contribution in [0.25, 0.3) is 11.3 Å². The Labute approximate surface area is 201 Å². The first-order chi connectivity index (χ1) is 16.4. The lowest BCUT2D eigenvalue weighted by atomic mass is 9.96. The Morgan fingerprint density at radius 1 is 1.29 bits per heavy atom. The number of fused-ring (bicyclic) bond motifs is 1. The van der Waals surface area contributed by atoms with Gasteiger partial charge < -0.3 is 25.2 Å². The molecule has 1 amide bonds. The van der Waals surface area contributed by atoms with Crippen molar-refractivity contribution in [1.82, 2.24) is 20.5 Å². The van der Waals surface area contributed by atoms with Crippen LogP contribution in [0.2, 0.25) is 0 Å². The number of carbonyl (C=O) groups excluding carboxylic acids is 1. The summed E-state index contributed by atoms with van der Waals surface area (Å²) in [5, 5.41) is 6.31. The van der Waals surface area contributed by atoms with Crippen molar-refractivity contribution in [3.8, 4) is 11.3 Å². The van der Waals surface area contributed by atoms with E-state index in [2.05, 4.69) is 34.3 Å². The van der Waals surface area contributed by atoms with E-state index in [4.69, 9.17) is 9.72 Å². The maximum atomic E-state index is 14.6. The Morgan fingerprint density at radius 3 is 2.76 bits per heavy atom. The van der Waals surface area contributed by atoms with Gasteiger partial charge in [-0.25, -0.2) is 9.37 Å². The second-order valence-electron chi connectivity index (χ2n) is 9.59. The van der Waals surface area contributed by atoms with Crippen molar-refractivity contribution >= 4 is 11.7 Å². The molecule has 0 bridgehead atoms. The fourth-order valence-corrected chi connectivity index (χ4v) is 4.52. The number of aromatic nitrogens is 1. The summed E-state index contributed by atoms with van der Waals surface area (Å²) in [6.45, 7) is 8.45. The van der Waals surface area contributed by atoms with Crippen LogP contribution in [0.15, 0.2) is 24.3 Å². The minimum absolute atomic E-state index is 0.0654. The Hall–Kier alpha value is -2.55. The Kier molecular flexibility index (Phi) is 7.80. The number of hydrogen-bond acceptors (Lipinski definition) is 6. The van der Waals surface area contributed by atoms with Crippen molar-refractivity contribution in [3.63, 3.8) is 0 Å². The van der Waals surface area contributed by atoms with Crippen LogP contribution in [0.1, 0.15) is 48.2 Å². The standard InChI is InChI=1S/C26H36FN5O2/c1-17(2)32-16-22-21(26(33)29-20-7-11-34-12-8-20)14-24(30-25(22)32)18-5-6-23(27)19(13-18)15-31(4)10-9-28-3/h5-6,13-14,17,20,28H,7-12,15-16H2,1-4H3,(H,29,33). The second-order valence-corrected chi connectivity index (χ2v) is 9.59. The van der Waals surface area contributed by atoms with Crippen LogP contribution in [0.3, 0.4) is 0 Å². The minimum atomic E-state index is -0.231. The first kappa shape index (κ1) is 24.6. The normalized spacial score (nSPS) is 16.0. The predicted molar refractivity (Wildman–Crippen MR) is 133 cm³/mol. The number of nitrogens with zero attached hydrogens (tertiary/aromatic N) is 3. The molecule has 1 saturated heterocycles. The van der Waals surface area contributed by atoms with Crippen molar-refractivity contribution in [2.75, 3.05) is 45.3 Å². The van der Waals surface area contributed by atoms with Gasteiger partial charge in [0.2, 0.25) is 0 Å². The molecule has 184 valence electrons. The van der Waals surface area contributed by atoms with Gasteiger partial charge in [0.25, 0.3) is 5.91 Å². The van der Waals surface area contributed by atoms with E-state index >= 15 is 0 Å². The lowest BCUT2D eigenvalue weighted by molar-refractivity contribution is 0.0696. The molecule has 2 N–H and O–H groups in total. The highest BCUT2D eigenvalue weighted by atomic mass is 19.1. The third-order valence-electron chi connectivity index (χ3n) is 6.65.